The van der Waals surface area contributed by atoms with E-state index in [0.29, 0.717) is 0 Å². The summed E-state index contributed by atoms with van der Waals surface area (Å²) in [6.45, 7) is -11.8. The molecule has 1 N–H and O–H groups in total. The molecule has 0 aromatic rings. The first-order chi connectivity index (χ1) is 8.56. The van der Waals surface area contributed by atoms with Gasteiger partial charge >= 0.3 is 0 Å². The molecule has 11 heavy (non-hydrogen) atoms. The smallest absolute Gasteiger partial charge is 0.108 e. The maximum absolute atomic E-state index is 10.3. The summed E-state index contributed by atoms with van der Waals surface area (Å²) >= 11 is 0. The summed E-state index contributed by atoms with van der Waals surface area (Å²) in [4.78, 5) is 10.3. The molecule has 4 heteroatoms. The molecule has 0 aromatic heterocycles. The van der Waals surface area contributed by atoms with Gasteiger partial charge in [-0.25, -0.2) is 0 Å². The van der Waals surface area contributed by atoms with Gasteiger partial charge in [-0.2, -0.15) is 0 Å². The zero-order chi connectivity index (χ0) is 16.6. The summed E-state index contributed by atoms with van der Waals surface area (Å²) < 4.78 is 62.7. The number of carbonyl (C=O) groups is 1. The standard InChI is InChI=1S/C7H15NO3/c1-8(2,3)5-6(9)4-7(10)11/h6,9H,4-5H2,1-3H3/t6-/m1/s1/i1D3,2D3,3D3. The van der Waals surface area contributed by atoms with Crippen LogP contribution in [0, 0.1) is 0 Å². The van der Waals surface area contributed by atoms with E-state index in [1.54, 1.807) is 0 Å². The summed E-state index contributed by atoms with van der Waals surface area (Å²) in [5.41, 5.74) is 0. The fourth-order valence-corrected chi connectivity index (χ4v) is 0.573. The van der Waals surface area contributed by atoms with Crippen LogP contribution in [0.4, 0.5) is 0 Å². The Hall–Kier alpha value is -0.610. The van der Waals surface area contributed by atoms with Crippen molar-refractivity contribution in [3.8, 4) is 0 Å². The second-order valence-electron chi connectivity index (χ2n) is 2.22. The van der Waals surface area contributed by atoms with Crippen LogP contribution in [0.25, 0.3) is 0 Å². The van der Waals surface area contributed by atoms with Crippen LogP contribution in [0.1, 0.15) is 18.8 Å². The maximum Gasteiger partial charge on any atom is 0.108 e. The Kier molecular flexibility index (Phi) is 0.908. The number of carbonyl (C=O) groups excluding carboxylic acids is 1. The highest BCUT2D eigenvalue weighted by Crippen LogP contribution is 1.97. The van der Waals surface area contributed by atoms with Crippen LogP contribution in [-0.2, 0) is 4.79 Å². The van der Waals surface area contributed by atoms with Gasteiger partial charge in [0.25, 0.3) is 0 Å². The molecular weight excluding hydrogens is 146 g/mol. The Balaban J connectivity index is 5.86. The lowest BCUT2D eigenvalue weighted by Crippen LogP contribution is -2.43. The van der Waals surface area contributed by atoms with Gasteiger partial charge in [0, 0.05) is 12.4 Å². The van der Waals surface area contributed by atoms with Crippen molar-refractivity contribution < 1.29 is 31.8 Å². The topological polar surface area (TPSA) is 60.4 Å². The lowest BCUT2D eigenvalue weighted by Gasteiger charge is -2.26. The normalized spacial score (nSPS) is 30.1. The third-order valence-electron chi connectivity index (χ3n) is 0.887. The zero-order valence-electron chi connectivity index (χ0n) is 14.7. The Labute approximate surface area is 79.3 Å². The van der Waals surface area contributed by atoms with Crippen molar-refractivity contribution in [3.63, 3.8) is 0 Å². The lowest BCUT2D eigenvalue weighted by atomic mass is 10.2. The van der Waals surface area contributed by atoms with Gasteiger partial charge in [0.05, 0.1) is 33.3 Å². The van der Waals surface area contributed by atoms with Crippen LogP contribution >= 0.6 is 0 Å². The minimum Gasteiger partial charge on any atom is -0.550 e. The molecule has 0 bridgehead atoms. The first kappa shape index (κ1) is 2.71. The predicted molar refractivity (Wildman–Crippen MR) is 38.5 cm³/mol. The number of carboxylic acids is 1. The molecule has 0 fully saturated rings. The SMILES string of the molecule is [2H]C([2H])([2H])[N+](C[C@H](O)CC(=O)[O-])(C([2H])([2H])[2H])C([2H])([2H])[2H]. The van der Waals surface area contributed by atoms with Gasteiger partial charge in [-0.15, -0.1) is 0 Å². The van der Waals surface area contributed by atoms with Crippen LogP contribution in [0.5, 0.6) is 0 Å². The second kappa shape index (κ2) is 3.69. The molecule has 0 aliphatic carbocycles. The monoisotopic (exact) mass is 170 g/mol. The number of quaternary nitrogens is 1. The van der Waals surface area contributed by atoms with E-state index < -0.39 is 50.4 Å². The maximum atomic E-state index is 10.3. The molecule has 0 radical (unpaired) electrons. The number of hydrogen-bond acceptors (Lipinski definition) is 3. The molecule has 4 nitrogen and oxygen atoms in total. The molecule has 0 saturated carbocycles. The highest BCUT2D eigenvalue weighted by atomic mass is 16.4. The summed E-state index contributed by atoms with van der Waals surface area (Å²) in [6, 6.07) is 0. The number of likely N-dealkylation sites (N-methyl/N-ethyl adjacent to an activating group) is 1. The molecule has 0 aliphatic rings. The van der Waals surface area contributed by atoms with Crippen LogP contribution in [0.15, 0.2) is 0 Å². The van der Waals surface area contributed by atoms with E-state index in [1.165, 1.54) is 0 Å². The summed E-state index contributed by atoms with van der Waals surface area (Å²) in [7, 11) is 0. The number of aliphatic hydroxyl groups excluding tert-OH is 1. The molecule has 0 aromatic carbocycles. The van der Waals surface area contributed by atoms with Crippen molar-refractivity contribution >= 4 is 5.97 Å². The van der Waals surface area contributed by atoms with E-state index in [9.17, 15) is 15.0 Å². The Morgan fingerprint density at radius 1 is 1.73 bits per heavy atom. The predicted octanol–water partition coefficient (Wildman–Crippen LogP) is -1.81. The van der Waals surface area contributed by atoms with E-state index in [4.69, 9.17) is 12.3 Å². The molecule has 0 unspecified atom stereocenters. The first-order valence-electron chi connectivity index (χ1n) is 7.32. The largest absolute Gasteiger partial charge is 0.550 e. The van der Waals surface area contributed by atoms with Crippen LogP contribution in [0.3, 0.4) is 0 Å². The number of hydrogen-bond donors (Lipinski definition) is 1. The van der Waals surface area contributed by atoms with Crippen LogP contribution in [-0.4, -0.2) is 49.1 Å². The van der Waals surface area contributed by atoms with Crippen molar-refractivity contribution in [1.82, 2.24) is 0 Å². The van der Waals surface area contributed by atoms with Gasteiger partial charge < -0.3 is 19.5 Å². The average Bonchev–Trinajstić information content (AvgIpc) is 2.06. The van der Waals surface area contributed by atoms with Crippen molar-refractivity contribution in [2.75, 3.05) is 27.5 Å². The molecule has 0 saturated heterocycles. The number of carboxylic acid groups (broad SMARTS) is 1. The summed E-state index contributed by atoms with van der Waals surface area (Å²) in [6.07, 6.45) is -3.05. The third kappa shape index (κ3) is 7.29. The highest BCUT2D eigenvalue weighted by Gasteiger charge is 2.14. The van der Waals surface area contributed by atoms with E-state index in [1.807, 2.05) is 0 Å². The van der Waals surface area contributed by atoms with E-state index in [-0.39, 0.29) is 0 Å². The first-order valence-corrected chi connectivity index (χ1v) is 2.82. The Morgan fingerprint density at radius 3 is 2.64 bits per heavy atom. The van der Waals surface area contributed by atoms with Crippen molar-refractivity contribution in [2.45, 2.75) is 12.5 Å². The van der Waals surface area contributed by atoms with Gasteiger partial charge in [0.2, 0.25) is 0 Å². The highest BCUT2D eigenvalue weighted by molar-refractivity contribution is 5.64. The van der Waals surface area contributed by atoms with Crippen LogP contribution < -0.4 is 5.11 Å². The van der Waals surface area contributed by atoms with Gasteiger partial charge in [-0.05, 0) is 0 Å². The van der Waals surface area contributed by atoms with E-state index in [2.05, 4.69) is 0 Å². The lowest BCUT2D eigenvalue weighted by molar-refractivity contribution is -0.873. The number of nitrogens with zero attached hydrogens (tertiary/aromatic N) is 1. The zero-order valence-corrected chi connectivity index (χ0v) is 5.70. The molecule has 0 heterocycles. The van der Waals surface area contributed by atoms with Gasteiger partial charge in [-0.1, -0.05) is 0 Å². The number of aliphatic hydroxyl groups is 1. The fourth-order valence-electron chi connectivity index (χ4n) is 0.573. The summed E-state index contributed by atoms with van der Waals surface area (Å²) in [5.74, 6) is -1.75. The minimum atomic E-state index is -3.51. The quantitative estimate of drug-likeness (QED) is 0.506. The molecule has 0 aliphatic heterocycles. The molecule has 1 atom stereocenters. The van der Waals surface area contributed by atoms with Crippen molar-refractivity contribution in [2.24, 2.45) is 0 Å². The molecule has 0 rings (SSSR count). The van der Waals surface area contributed by atoms with Crippen molar-refractivity contribution in [1.29, 1.82) is 0 Å². The Morgan fingerprint density at radius 2 is 2.27 bits per heavy atom. The van der Waals surface area contributed by atoms with Crippen molar-refractivity contribution in [3.05, 3.63) is 0 Å². The van der Waals surface area contributed by atoms with Gasteiger partial charge in [-0.3, -0.25) is 0 Å². The number of aliphatic carboxylic acids is 1. The third-order valence-corrected chi connectivity index (χ3v) is 0.887. The number of rotatable bonds is 4. The summed E-state index contributed by atoms with van der Waals surface area (Å²) in [5, 5.41) is 19.8. The van der Waals surface area contributed by atoms with Crippen LogP contribution in [0.2, 0.25) is 0 Å². The molecular formula is C7H15NO3. The molecule has 0 amide bonds. The van der Waals surface area contributed by atoms with E-state index >= 15 is 0 Å². The minimum absolute atomic E-state index is 1.07. The van der Waals surface area contributed by atoms with E-state index in [0.717, 1.165) is 0 Å². The fraction of sp³-hybridized carbons (Fsp3) is 0.857. The van der Waals surface area contributed by atoms with Gasteiger partial charge in [0.1, 0.15) is 12.6 Å². The Bertz CT molecular complexity index is 322. The second-order valence-corrected chi connectivity index (χ2v) is 2.22. The average molecular weight is 170 g/mol. The molecule has 66 valence electrons. The van der Waals surface area contributed by atoms with Gasteiger partial charge in [0.15, 0.2) is 0 Å². The molecule has 0 spiro atoms.